The lowest BCUT2D eigenvalue weighted by Gasteiger charge is -2.45. The van der Waals surface area contributed by atoms with Crippen LogP contribution in [0, 0.1) is 6.92 Å². The summed E-state index contributed by atoms with van der Waals surface area (Å²) in [5, 5.41) is 0.616. The smallest absolute Gasteiger partial charge is 0.220 e. The van der Waals surface area contributed by atoms with Crippen molar-refractivity contribution in [3.8, 4) is 5.69 Å². The summed E-state index contributed by atoms with van der Waals surface area (Å²) in [5.74, 6) is 1.49. The molecule has 0 saturated heterocycles. The first-order chi connectivity index (χ1) is 12.5. The van der Waals surface area contributed by atoms with Gasteiger partial charge in [-0.15, -0.1) is 0 Å². The molecular formula is C18H22ClN7. The first-order valence-electron chi connectivity index (χ1n) is 8.80. The maximum absolute atomic E-state index is 6.60. The fraction of sp³-hybridized carbons (Fsp3) is 0.389. The number of nitrogens with two attached hydrogens (primary N) is 2. The van der Waals surface area contributed by atoms with Gasteiger partial charge in [-0.3, -0.25) is 4.90 Å². The second kappa shape index (κ2) is 6.32. The standard InChI is InChI=1S/C18H22ClN7/c1-12-22-9-10-25(12)15-6-5-13(11-14(15)19)26-17(21)23-16(20)24-18(26)7-3-2-4-8-18/h5-6,9-11H,2-4,7-8H2,1H3,(H4,20,21,23,24). The molecule has 136 valence electrons. The predicted octanol–water partition coefficient (Wildman–Crippen LogP) is 2.94. The molecule has 1 aromatic carbocycles. The molecule has 2 heterocycles. The number of aromatic nitrogens is 2. The molecule has 2 aromatic rings. The highest BCUT2D eigenvalue weighted by molar-refractivity contribution is 6.32. The Bertz CT molecular complexity index is 893. The second-order valence-corrected chi connectivity index (χ2v) is 7.21. The van der Waals surface area contributed by atoms with Gasteiger partial charge in [0.25, 0.3) is 0 Å². The molecule has 1 spiro atoms. The van der Waals surface area contributed by atoms with Crippen molar-refractivity contribution in [1.82, 2.24) is 9.55 Å². The average Bonchev–Trinajstić information content (AvgIpc) is 3.01. The molecule has 1 aliphatic carbocycles. The van der Waals surface area contributed by atoms with Crippen LogP contribution in [0.2, 0.25) is 5.02 Å². The Morgan fingerprint density at radius 1 is 1.15 bits per heavy atom. The highest BCUT2D eigenvalue weighted by Crippen LogP contribution is 2.40. The predicted molar refractivity (Wildman–Crippen MR) is 105 cm³/mol. The van der Waals surface area contributed by atoms with Gasteiger partial charge in [-0.05, 0) is 50.8 Å². The minimum Gasteiger partial charge on any atom is -0.369 e. The molecule has 26 heavy (non-hydrogen) atoms. The summed E-state index contributed by atoms with van der Waals surface area (Å²) in [4.78, 5) is 15.1. The van der Waals surface area contributed by atoms with Crippen LogP contribution in [0.3, 0.4) is 0 Å². The Morgan fingerprint density at radius 2 is 1.92 bits per heavy atom. The Morgan fingerprint density at radius 3 is 2.58 bits per heavy atom. The lowest BCUT2D eigenvalue weighted by atomic mass is 9.87. The Balaban J connectivity index is 1.77. The van der Waals surface area contributed by atoms with Gasteiger partial charge in [-0.1, -0.05) is 18.0 Å². The Labute approximate surface area is 157 Å². The number of hydrogen-bond donors (Lipinski definition) is 2. The number of nitrogens with zero attached hydrogens (tertiary/aromatic N) is 5. The average molecular weight is 372 g/mol. The summed E-state index contributed by atoms with van der Waals surface area (Å²) in [6.45, 7) is 1.94. The van der Waals surface area contributed by atoms with Gasteiger partial charge >= 0.3 is 0 Å². The molecule has 0 bridgehead atoms. The molecular weight excluding hydrogens is 350 g/mol. The van der Waals surface area contributed by atoms with Crippen molar-refractivity contribution >= 4 is 29.2 Å². The van der Waals surface area contributed by atoms with Gasteiger partial charge < -0.3 is 16.0 Å². The molecule has 0 amide bonds. The molecule has 2 aliphatic rings. The Hall–Kier alpha value is -2.54. The largest absolute Gasteiger partial charge is 0.369 e. The van der Waals surface area contributed by atoms with Crippen LogP contribution < -0.4 is 16.4 Å². The van der Waals surface area contributed by atoms with Crippen LogP contribution in [0.15, 0.2) is 40.6 Å². The lowest BCUT2D eigenvalue weighted by Crippen LogP contribution is -2.58. The van der Waals surface area contributed by atoms with Crippen molar-refractivity contribution < 1.29 is 0 Å². The van der Waals surface area contributed by atoms with Crippen molar-refractivity contribution in [1.29, 1.82) is 0 Å². The van der Waals surface area contributed by atoms with Gasteiger partial charge in [0.1, 0.15) is 11.5 Å². The van der Waals surface area contributed by atoms with E-state index in [-0.39, 0.29) is 5.96 Å². The quantitative estimate of drug-likeness (QED) is 0.847. The molecule has 1 aromatic heterocycles. The zero-order chi connectivity index (χ0) is 18.3. The highest BCUT2D eigenvalue weighted by atomic mass is 35.5. The first kappa shape index (κ1) is 16.9. The molecule has 1 saturated carbocycles. The van der Waals surface area contributed by atoms with E-state index in [9.17, 15) is 0 Å². The number of aliphatic imine (C=N–C) groups is 2. The van der Waals surface area contributed by atoms with Crippen molar-refractivity contribution in [3.05, 3.63) is 41.4 Å². The van der Waals surface area contributed by atoms with Crippen molar-refractivity contribution in [2.24, 2.45) is 21.5 Å². The van der Waals surface area contributed by atoms with Gasteiger partial charge in [-0.2, -0.15) is 4.99 Å². The van der Waals surface area contributed by atoms with E-state index in [2.05, 4.69) is 9.98 Å². The number of imidazole rings is 1. The van der Waals surface area contributed by atoms with E-state index in [0.29, 0.717) is 11.0 Å². The van der Waals surface area contributed by atoms with Crippen LogP contribution in [-0.2, 0) is 0 Å². The normalized spacial score (nSPS) is 19.4. The Kier molecular flexibility index (Phi) is 4.11. The number of hydrogen-bond acceptors (Lipinski definition) is 6. The SMILES string of the molecule is Cc1nccn1-c1ccc(N2C(N)=NC(N)=NC23CCCCC3)cc1Cl. The van der Waals surface area contributed by atoms with Crippen LogP contribution in [0.1, 0.15) is 37.9 Å². The van der Waals surface area contributed by atoms with Gasteiger partial charge in [0.15, 0.2) is 0 Å². The molecule has 1 aliphatic heterocycles. The first-order valence-corrected chi connectivity index (χ1v) is 9.18. The summed E-state index contributed by atoms with van der Waals surface area (Å²) in [7, 11) is 0. The fourth-order valence-electron chi connectivity index (χ4n) is 3.96. The van der Waals surface area contributed by atoms with Crippen molar-refractivity contribution in [2.45, 2.75) is 44.7 Å². The van der Waals surface area contributed by atoms with E-state index >= 15 is 0 Å². The molecule has 8 heteroatoms. The minimum atomic E-state index is -0.468. The minimum absolute atomic E-state index is 0.248. The molecule has 0 unspecified atom stereocenters. The van der Waals surface area contributed by atoms with Crippen LogP contribution in [0.5, 0.6) is 0 Å². The third-order valence-corrected chi connectivity index (χ3v) is 5.43. The van der Waals surface area contributed by atoms with E-state index in [1.165, 1.54) is 6.42 Å². The van der Waals surface area contributed by atoms with E-state index < -0.39 is 5.66 Å². The molecule has 0 radical (unpaired) electrons. The number of anilines is 1. The lowest BCUT2D eigenvalue weighted by molar-refractivity contribution is 0.305. The maximum Gasteiger partial charge on any atom is 0.220 e. The number of aryl methyl sites for hydroxylation is 1. The number of benzene rings is 1. The monoisotopic (exact) mass is 371 g/mol. The van der Waals surface area contributed by atoms with Gasteiger partial charge in [0, 0.05) is 18.1 Å². The molecule has 4 N–H and O–H groups in total. The third kappa shape index (κ3) is 2.72. The van der Waals surface area contributed by atoms with Crippen LogP contribution >= 0.6 is 11.6 Å². The van der Waals surface area contributed by atoms with Crippen LogP contribution in [0.4, 0.5) is 5.69 Å². The summed E-state index contributed by atoms with van der Waals surface area (Å²) in [5.41, 5.74) is 13.5. The highest BCUT2D eigenvalue weighted by Gasteiger charge is 2.42. The van der Waals surface area contributed by atoms with Gasteiger partial charge in [0.2, 0.25) is 11.9 Å². The number of halogens is 1. The summed E-state index contributed by atoms with van der Waals surface area (Å²) < 4.78 is 1.95. The van der Waals surface area contributed by atoms with E-state index in [1.54, 1.807) is 6.20 Å². The topological polar surface area (TPSA) is 97.8 Å². The maximum atomic E-state index is 6.60. The zero-order valence-corrected chi connectivity index (χ0v) is 15.4. The van der Waals surface area contributed by atoms with Gasteiger partial charge in [-0.25, -0.2) is 9.98 Å². The van der Waals surface area contributed by atoms with E-state index in [4.69, 9.17) is 28.1 Å². The summed E-state index contributed by atoms with van der Waals surface area (Å²) >= 11 is 6.60. The number of rotatable bonds is 2. The zero-order valence-electron chi connectivity index (χ0n) is 14.7. The molecule has 1 fully saturated rings. The van der Waals surface area contributed by atoms with Crippen LogP contribution in [-0.4, -0.2) is 27.1 Å². The van der Waals surface area contributed by atoms with E-state index in [0.717, 1.165) is 42.9 Å². The summed E-state index contributed by atoms with van der Waals surface area (Å²) in [6, 6.07) is 5.88. The molecule has 0 atom stereocenters. The number of guanidine groups is 2. The molecule has 7 nitrogen and oxygen atoms in total. The molecule has 4 rings (SSSR count). The summed E-state index contributed by atoms with van der Waals surface area (Å²) in [6.07, 6.45) is 8.79. The van der Waals surface area contributed by atoms with Gasteiger partial charge in [0.05, 0.1) is 10.7 Å². The van der Waals surface area contributed by atoms with Crippen LogP contribution in [0.25, 0.3) is 5.69 Å². The van der Waals surface area contributed by atoms with Crippen molar-refractivity contribution in [2.75, 3.05) is 4.90 Å². The second-order valence-electron chi connectivity index (χ2n) is 6.80. The third-order valence-electron chi connectivity index (χ3n) is 5.13. The van der Waals surface area contributed by atoms with Crippen molar-refractivity contribution in [3.63, 3.8) is 0 Å². The van der Waals surface area contributed by atoms with E-state index in [1.807, 2.05) is 40.8 Å². The fourth-order valence-corrected chi connectivity index (χ4v) is 4.22.